The molecule has 0 aliphatic rings. The van der Waals surface area contributed by atoms with Crippen LogP contribution in [0.3, 0.4) is 0 Å². The van der Waals surface area contributed by atoms with Gasteiger partial charge in [0.1, 0.15) is 0 Å². The van der Waals surface area contributed by atoms with Crippen molar-refractivity contribution in [2.45, 2.75) is 0 Å². The van der Waals surface area contributed by atoms with E-state index < -0.39 is 23.3 Å². The average molecular weight is 290 g/mol. The minimum absolute atomic E-state index is 0.0490. The maximum absolute atomic E-state index is 13.7. The van der Waals surface area contributed by atoms with E-state index >= 15 is 0 Å². The third kappa shape index (κ3) is 3.07. The lowest BCUT2D eigenvalue weighted by molar-refractivity contribution is 0.372. The van der Waals surface area contributed by atoms with Crippen LogP contribution < -0.4 is 4.74 Å². The Bertz CT molecular complexity index is 598. The Hall–Kier alpha value is -2.11. The highest BCUT2D eigenvalue weighted by atomic mass is 19.2. The van der Waals surface area contributed by atoms with Crippen LogP contribution in [0.5, 0.6) is 5.75 Å². The summed E-state index contributed by atoms with van der Waals surface area (Å²) < 4.78 is 67.0. The van der Waals surface area contributed by atoms with E-state index in [0.717, 1.165) is 12.1 Å². The molecule has 0 aromatic heterocycles. The van der Waals surface area contributed by atoms with Gasteiger partial charge in [0, 0.05) is 5.56 Å². The molecule has 0 heterocycles. The topological polar surface area (TPSA) is 9.23 Å². The molecule has 0 amide bonds. The molecule has 2 aromatic carbocycles. The lowest BCUT2D eigenvalue weighted by Gasteiger charge is -2.08. The van der Waals surface area contributed by atoms with Crippen LogP contribution in [0.25, 0.3) is 11.1 Å². The summed E-state index contributed by atoms with van der Waals surface area (Å²) in [5, 5.41) is 0. The molecule has 1 nitrogen and oxygen atoms in total. The fraction of sp³-hybridized carbons (Fsp3) is 0.143. The van der Waals surface area contributed by atoms with Gasteiger partial charge in [0.25, 0.3) is 0 Å². The second-order valence-corrected chi connectivity index (χ2v) is 3.57. The SMILES string of the molecule is CF.COc1ccc(-c2ccc(F)c(F)c2)c(F)c1F. The van der Waals surface area contributed by atoms with Gasteiger partial charge in [-0.1, -0.05) is 6.07 Å². The van der Waals surface area contributed by atoms with Crippen LogP contribution in [0.4, 0.5) is 22.0 Å². The third-order valence-electron chi connectivity index (χ3n) is 2.50. The normalized spacial score (nSPS) is 9.75. The molecule has 2 rings (SSSR count). The van der Waals surface area contributed by atoms with Gasteiger partial charge >= 0.3 is 0 Å². The first kappa shape index (κ1) is 15.9. The first-order chi connectivity index (χ1) is 9.54. The first-order valence-corrected chi connectivity index (χ1v) is 5.39. The Morgan fingerprint density at radius 2 is 1.45 bits per heavy atom. The molecule has 0 unspecified atom stereocenters. The van der Waals surface area contributed by atoms with Crippen molar-refractivity contribution in [3.63, 3.8) is 0 Å². The molecule has 108 valence electrons. The monoisotopic (exact) mass is 290 g/mol. The van der Waals surface area contributed by atoms with Gasteiger partial charge in [0.05, 0.1) is 14.3 Å². The number of benzene rings is 2. The Balaban J connectivity index is 0.000000956. The van der Waals surface area contributed by atoms with Crippen LogP contribution in [0, 0.1) is 23.3 Å². The maximum atomic E-state index is 13.7. The molecule has 0 saturated heterocycles. The molecule has 6 heteroatoms. The predicted molar refractivity (Wildman–Crippen MR) is 65.3 cm³/mol. The van der Waals surface area contributed by atoms with Crippen LogP contribution in [0.15, 0.2) is 30.3 Å². The van der Waals surface area contributed by atoms with Crippen LogP contribution in [0.2, 0.25) is 0 Å². The van der Waals surface area contributed by atoms with E-state index in [1.165, 1.54) is 25.3 Å². The minimum Gasteiger partial charge on any atom is -0.494 e. The lowest BCUT2D eigenvalue weighted by Crippen LogP contribution is -1.95. The molecule has 0 aliphatic carbocycles. The van der Waals surface area contributed by atoms with E-state index in [2.05, 4.69) is 4.74 Å². The van der Waals surface area contributed by atoms with Crippen molar-refractivity contribution in [2.24, 2.45) is 0 Å². The zero-order valence-electron chi connectivity index (χ0n) is 10.7. The van der Waals surface area contributed by atoms with Crippen molar-refractivity contribution in [1.82, 2.24) is 0 Å². The van der Waals surface area contributed by atoms with E-state index in [-0.39, 0.29) is 16.9 Å². The van der Waals surface area contributed by atoms with Gasteiger partial charge < -0.3 is 4.74 Å². The van der Waals surface area contributed by atoms with Crippen molar-refractivity contribution in [1.29, 1.82) is 0 Å². The maximum Gasteiger partial charge on any atom is 0.201 e. The van der Waals surface area contributed by atoms with Crippen molar-refractivity contribution in [2.75, 3.05) is 14.3 Å². The molecule has 2 aromatic rings. The zero-order valence-corrected chi connectivity index (χ0v) is 10.7. The number of halogens is 5. The molecule has 20 heavy (non-hydrogen) atoms. The molecule has 0 aliphatic heterocycles. The van der Waals surface area contributed by atoms with E-state index in [9.17, 15) is 22.0 Å². The summed E-state index contributed by atoms with van der Waals surface area (Å²) in [5.74, 6) is -4.75. The van der Waals surface area contributed by atoms with Crippen LogP contribution in [-0.4, -0.2) is 14.3 Å². The third-order valence-corrected chi connectivity index (χ3v) is 2.50. The van der Waals surface area contributed by atoms with Crippen LogP contribution in [-0.2, 0) is 0 Å². The standard InChI is InChI=1S/C13H8F4O.CH3F/c1-18-11-5-3-8(12(16)13(11)17)7-2-4-9(14)10(15)6-7;1-2/h2-6H,1H3;1H3. The minimum atomic E-state index is -1.17. The van der Waals surface area contributed by atoms with Crippen LogP contribution >= 0.6 is 0 Å². The highest BCUT2D eigenvalue weighted by molar-refractivity contribution is 5.65. The van der Waals surface area contributed by atoms with Crippen molar-refractivity contribution < 1.29 is 26.7 Å². The molecule has 0 saturated carbocycles. The molecule has 0 spiro atoms. The van der Waals surface area contributed by atoms with Crippen molar-refractivity contribution in [3.05, 3.63) is 53.6 Å². The first-order valence-electron chi connectivity index (χ1n) is 5.39. The predicted octanol–water partition coefficient (Wildman–Crippen LogP) is 4.50. The van der Waals surface area contributed by atoms with Gasteiger partial charge in [-0.3, -0.25) is 4.39 Å². The van der Waals surface area contributed by atoms with Crippen molar-refractivity contribution >= 4 is 0 Å². The lowest BCUT2D eigenvalue weighted by atomic mass is 10.0. The van der Waals surface area contributed by atoms with E-state index in [1.54, 1.807) is 0 Å². The van der Waals surface area contributed by atoms with E-state index in [0.29, 0.717) is 7.18 Å². The second kappa shape index (κ2) is 6.88. The average Bonchev–Trinajstić information content (AvgIpc) is 2.47. The highest BCUT2D eigenvalue weighted by Gasteiger charge is 2.16. The Morgan fingerprint density at radius 1 is 0.800 bits per heavy atom. The fourth-order valence-electron chi connectivity index (χ4n) is 1.58. The van der Waals surface area contributed by atoms with Crippen molar-refractivity contribution in [3.8, 4) is 16.9 Å². The number of hydrogen-bond donors (Lipinski definition) is 0. The number of hydrogen-bond acceptors (Lipinski definition) is 1. The Labute approximate surface area is 112 Å². The van der Waals surface area contributed by atoms with Gasteiger partial charge in [-0.15, -0.1) is 0 Å². The Kier molecular flexibility index (Phi) is 5.49. The summed E-state index contributed by atoms with van der Waals surface area (Å²) in [6.07, 6.45) is 0. The van der Waals surface area contributed by atoms with Crippen LogP contribution in [0.1, 0.15) is 0 Å². The largest absolute Gasteiger partial charge is 0.494 e. The van der Waals surface area contributed by atoms with E-state index in [4.69, 9.17) is 0 Å². The summed E-state index contributed by atoms with van der Waals surface area (Å²) in [6.45, 7) is 0. The van der Waals surface area contributed by atoms with Gasteiger partial charge in [0.15, 0.2) is 23.2 Å². The molecular weight excluding hydrogens is 279 g/mol. The zero-order chi connectivity index (χ0) is 15.3. The number of ether oxygens (including phenoxy) is 1. The van der Waals surface area contributed by atoms with Gasteiger partial charge in [-0.2, -0.15) is 4.39 Å². The van der Waals surface area contributed by atoms with Gasteiger partial charge in [-0.05, 0) is 29.8 Å². The summed E-state index contributed by atoms with van der Waals surface area (Å²) in [7, 11) is 1.70. The molecule has 0 N–H and O–H groups in total. The molecule has 0 fully saturated rings. The quantitative estimate of drug-likeness (QED) is 0.740. The molecule has 0 atom stereocenters. The summed E-state index contributed by atoms with van der Waals surface area (Å²) in [4.78, 5) is 0. The number of methoxy groups -OCH3 is 1. The second-order valence-electron chi connectivity index (χ2n) is 3.57. The summed E-state index contributed by atoms with van der Waals surface area (Å²) >= 11 is 0. The smallest absolute Gasteiger partial charge is 0.201 e. The fourth-order valence-corrected chi connectivity index (χ4v) is 1.58. The van der Waals surface area contributed by atoms with Gasteiger partial charge in [0.2, 0.25) is 5.82 Å². The summed E-state index contributed by atoms with van der Waals surface area (Å²) in [6, 6.07) is 5.29. The van der Waals surface area contributed by atoms with Gasteiger partial charge in [-0.25, -0.2) is 13.2 Å². The molecular formula is C14H11F5O. The number of rotatable bonds is 2. The highest BCUT2D eigenvalue weighted by Crippen LogP contribution is 2.30. The summed E-state index contributed by atoms with van der Waals surface area (Å²) in [5.41, 5.74) is -0.111. The Morgan fingerprint density at radius 3 is 2.00 bits per heavy atom. The molecule has 0 radical (unpaired) electrons. The number of alkyl halides is 1. The van der Waals surface area contributed by atoms with E-state index in [1.807, 2.05) is 0 Å². The molecule has 0 bridgehead atoms.